The fraction of sp³-hybridized carbons (Fsp3) is 0.500. The van der Waals surface area contributed by atoms with Crippen LogP contribution in [0.5, 0.6) is 0 Å². The monoisotopic (exact) mass is 286 g/mol. The zero-order valence-corrected chi connectivity index (χ0v) is 11.7. The van der Waals surface area contributed by atoms with Crippen LogP contribution in [0.3, 0.4) is 0 Å². The normalized spacial score (nSPS) is 13.6. The van der Waals surface area contributed by atoms with Crippen LogP contribution in [0.4, 0.5) is 9.80 Å². The second-order valence-corrected chi connectivity index (χ2v) is 5.35. The predicted octanol–water partition coefficient (Wildman–Crippen LogP) is 2.12. The molecule has 0 spiro atoms. The summed E-state index contributed by atoms with van der Waals surface area (Å²) in [6.07, 6.45) is 1.10. The Hall–Kier alpha value is -1.60. The van der Waals surface area contributed by atoms with E-state index in [1.54, 1.807) is 5.38 Å². The van der Waals surface area contributed by atoms with Gasteiger partial charge in [-0.3, -0.25) is 5.32 Å². The molecule has 106 valence electrons. The summed E-state index contributed by atoms with van der Waals surface area (Å²) in [5, 5.41) is 25.1. The summed E-state index contributed by atoms with van der Waals surface area (Å²) in [7, 11) is 0. The first-order valence-electron chi connectivity index (χ1n) is 5.92. The Morgan fingerprint density at radius 2 is 2.16 bits per heavy atom. The molecular formula is C12H18N2O4S. The minimum Gasteiger partial charge on any atom is -0.478 e. The Balaban J connectivity index is 2.69. The van der Waals surface area contributed by atoms with Crippen LogP contribution in [0.25, 0.3) is 0 Å². The molecule has 0 bridgehead atoms. The van der Waals surface area contributed by atoms with E-state index in [2.05, 4.69) is 10.6 Å². The predicted molar refractivity (Wildman–Crippen MR) is 73.8 cm³/mol. The summed E-state index contributed by atoms with van der Waals surface area (Å²) < 4.78 is 0. The Labute approximate surface area is 115 Å². The first-order valence-corrected chi connectivity index (χ1v) is 6.80. The molecule has 0 aromatic carbocycles. The van der Waals surface area contributed by atoms with Crippen LogP contribution < -0.4 is 10.6 Å². The summed E-state index contributed by atoms with van der Waals surface area (Å²) in [4.78, 5) is 22.8. The number of aliphatic hydroxyl groups is 1. The molecule has 0 aliphatic carbocycles. The van der Waals surface area contributed by atoms with Gasteiger partial charge in [-0.2, -0.15) is 0 Å². The van der Waals surface area contributed by atoms with Crippen molar-refractivity contribution in [3.63, 3.8) is 0 Å². The highest BCUT2D eigenvalue weighted by Gasteiger charge is 2.24. The lowest BCUT2D eigenvalue weighted by Gasteiger charge is -2.28. The van der Waals surface area contributed by atoms with Crippen molar-refractivity contribution >= 4 is 28.3 Å². The lowest BCUT2D eigenvalue weighted by molar-refractivity contribution is 0.0698. The molecule has 0 saturated heterocycles. The number of thiophene rings is 1. The van der Waals surface area contributed by atoms with Crippen molar-refractivity contribution < 1.29 is 19.8 Å². The third kappa shape index (κ3) is 4.22. The zero-order valence-electron chi connectivity index (χ0n) is 10.9. The van der Waals surface area contributed by atoms with Crippen molar-refractivity contribution in [1.29, 1.82) is 0 Å². The molecule has 1 aromatic heterocycles. The third-order valence-electron chi connectivity index (χ3n) is 2.98. The van der Waals surface area contributed by atoms with Gasteiger partial charge in [0.25, 0.3) is 0 Å². The molecule has 0 aliphatic rings. The molecule has 2 amide bonds. The number of aromatic carboxylic acids is 1. The number of anilines is 1. The fourth-order valence-corrected chi connectivity index (χ4v) is 2.33. The summed E-state index contributed by atoms with van der Waals surface area (Å²) in [5.41, 5.74) is -0.444. The number of nitrogens with one attached hydrogen (secondary N) is 2. The van der Waals surface area contributed by atoms with E-state index in [9.17, 15) is 9.59 Å². The Morgan fingerprint density at radius 1 is 1.47 bits per heavy atom. The van der Waals surface area contributed by atoms with Gasteiger partial charge in [-0.1, -0.05) is 6.92 Å². The summed E-state index contributed by atoms with van der Waals surface area (Å²) in [6, 6.07) is 0.970. The van der Waals surface area contributed by atoms with Gasteiger partial charge in [0.2, 0.25) is 0 Å². The van der Waals surface area contributed by atoms with Crippen LogP contribution in [0.2, 0.25) is 0 Å². The maximum Gasteiger partial charge on any atom is 0.338 e. The van der Waals surface area contributed by atoms with Crippen molar-refractivity contribution in [2.45, 2.75) is 32.2 Å². The quantitative estimate of drug-likeness (QED) is 0.643. The molecule has 7 heteroatoms. The number of carbonyl (C=O) groups is 2. The summed E-state index contributed by atoms with van der Waals surface area (Å²) >= 11 is 1.15. The number of carboxylic acids is 1. The highest BCUT2D eigenvalue weighted by molar-refractivity contribution is 7.14. The van der Waals surface area contributed by atoms with Crippen molar-refractivity contribution in [2.24, 2.45) is 0 Å². The first kappa shape index (κ1) is 15.5. The maximum atomic E-state index is 11.8. The van der Waals surface area contributed by atoms with Crippen LogP contribution in [0.15, 0.2) is 11.4 Å². The molecule has 0 radical (unpaired) electrons. The molecule has 1 atom stereocenters. The smallest absolute Gasteiger partial charge is 0.338 e. The topological polar surface area (TPSA) is 98.7 Å². The molecule has 4 N–H and O–H groups in total. The van der Waals surface area contributed by atoms with E-state index in [-0.39, 0.29) is 12.2 Å². The van der Waals surface area contributed by atoms with Gasteiger partial charge in [-0.05, 0) is 31.2 Å². The highest BCUT2D eigenvalue weighted by Crippen LogP contribution is 2.23. The van der Waals surface area contributed by atoms with E-state index in [0.29, 0.717) is 17.8 Å². The molecule has 6 nitrogen and oxygen atoms in total. The minimum atomic E-state index is -1.08. The average molecular weight is 286 g/mol. The van der Waals surface area contributed by atoms with Crippen LogP contribution in [0.1, 0.15) is 37.0 Å². The van der Waals surface area contributed by atoms with Crippen molar-refractivity contribution in [3.8, 4) is 0 Å². The number of urea groups is 1. The molecule has 1 unspecified atom stereocenters. The van der Waals surface area contributed by atoms with Gasteiger partial charge in [-0.15, -0.1) is 11.3 Å². The van der Waals surface area contributed by atoms with Crippen LogP contribution in [0, 0.1) is 0 Å². The van der Waals surface area contributed by atoms with Crippen LogP contribution >= 0.6 is 11.3 Å². The van der Waals surface area contributed by atoms with Crippen molar-refractivity contribution in [2.75, 3.05) is 11.9 Å². The van der Waals surface area contributed by atoms with E-state index in [1.165, 1.54) is 6.07 Å². The zero-order chi connectivity index (χ0) is 14.5. The number of carbonyl (C=O) groups excluding carboxylic acids is 1. The standard InChI is InChI=1S/C12H18N2O4S/c1-3-12(2,5-6-15)14-11(18)13-9-8(10(16)17)4-7-19-9/h4,7,15H,3,5-6H2,1-2H3,(H,16,17)(H2,13,14,18). The fourth-order valence-electron chi connectivity index (χ4n) is 1.56. The molecule has 1 heterocycles. The van der Waals surface area contributed by atoms with Crippen molar-refractivity contribution in [3.05, 3.63) is 17.0 Å². The van der Waals surface area contributed by atoms with Gasteiger partial charge in [0, 0.05) is 12.1 Å². The van der Waals surface area contributed by atoms with E-state index < -0.39 is 17.5 Å². The average Bonchev–Trinajstić information content (AvgIpc) is 2.77. The van der Waals surface area contributed by atoms with E-state index in [0.717, 1.165) is 11.3 Å². The van der Waals surface area contributed by atoms with E-state index >= 15 is 0 Å². The molecule has 1 rings (SSSR count). The van der Waals surface area contributed by atoms with E-state index in [1.807, 2.05) is 13.8 Å². The SMILES string of the molecule is CCC(C)(CCO)NC(=O)Nc1sccc1C(=O)O. The molecule has 0 saturated carbocycles. The Kier molecular flexibility index (Phi) is 5.31. The van der Waals surface area contributed by atoms with Gasteiger partial charge < -0.3 is 15.5 Å². The largest absolute Gasteiger partial charge is 0.478 e. The summed E-state index contributed by atoms with van der Waals surface area (Å²) in [5.74, 6) is -1.08. The summed E-state index contributed by atoms with van der Waals surface area (Å²) in [6.45, 7) is 3.71. The number of amides is 2. The number of hydrogen-bond acceptors (Lipinski definition) is 4. The minimum absolute atomic E-state index is 0.0238. The van der Waals surface area contributed by atoms with Crippen LogP contribution in [-0.2, 0) is 0 Å². The number of aliphatic hydroxyl groups excluding tert-OH is 1. The number of rotatable bonds is 6. The van der Waals surface area contributed by atoms with Gasteiger partial charge >= 0.3 is 12.0 Å². The lowest BCUT2D eigenvalue weighted by atomic mass is 9.95. The third-order valence-corrected chi connectivity index (χ3v) is 3.81. The Morgan fingerprint density at radius 3 is 2.68 bits per heavy atom. The first-order chi connectivity index (χ1) is 8.91. The van der Waals surface area contributed by atoms with Gasteiger partial charge in [0.05, 0.1) is 5.56 Å². The van der Waals surface area contributed by atoms with Gasteiger partial charge in [-0.25, -0.2) is 9.59 Å². The second kappa shape index (κ2) is 6.53. The maximum absolute atomic E-state index is 11.8. The van der Waals surface area contributed by atoms with Gasteiger partial charge in [0.1, 0.15) is 5.00 Å². The highest BCUT2D eigenvalue weighted by atomic mass is 32.1. The Bertz CT molecular complexity index is 460. The van der Waals surface area contributed by atoms with Gasteiger partial charge in [0.15, 0.2) is 0 Å². The molecule has 0 fully saturated rings. The molecule has 19 heavy (non-hydrogen) atoms. The van der Waals surface area contributed by atoms with E-state index in [4.69, 9.17) is 10.2 Å². The second-order valence-electron chi connectivity index (χ2n) is 4.44. The molecular weight excluding hydrogens is 268 g/mol. The van der Waals surface area contributed by atoms with Crippen molar-refractivity contribution in [1.82, 2.24) is 5.32 Å². The lowest BCUT2D eigenvalue weighted by Crippen LogP contribution is -2.48. The number of carboxylic acid groups (broad SMARTS) is 1. The van der Waals surface area contributed by atoms with Crippen LogP contribution in [-0.4, -0.2) is 34.4 Å². The number of hydrogen-bond donors (Lipinski definition) is 4. The molecule has 0 aliphatic heterocycles. The molecule has 1 aromatic rings.